The zero-order valence-corrected chi connectivity index (χ0v) is 12.5. The van der Waals surface area contributed by atoms with Gasteiger partial charge in [-0.2, -0.15) is 0 Å². The van der Waals surface area contributed by atoms with Gasteiger partial charge in [-0.1, -0.05) is 13.8 Å². The third-order valence-electron chi connectivity index (χ3n) is 3.58. The topological polar surface area (TPSA) is 59.6 Å². The van der Waals surface area contributed by atoms with Crippen LogP contribution in [0.4, 0.5) is 0 Å². The second-order valence-corrected chi connectivity index (χ2v) is 6.27. The zero-order chi connectivity index (χ0) is 13.8. The molecule has 0 bridgehead atoms. The number of ether oxygens (including phenoxy) is 1. The van der Waals surface area contributed by atoms with E-state index in [0.29, 0.717) is 5.96 Å². The minimum absolute atomic E-state index is 0.00836. The summed E-state index contributed by atoms with van der Waals surface area (Å²) in [6.45, 7) is 11.4. The molecule has 1 saturated heterocycles. The summed E-state index contributed by atoms with van der Waals surface area (Å²) in [5, 5.41) is 3.22. The molecular formula is C14H29N3O. The number of nitrogens with zero attached hydrogens (tertiary/aromatic N) is 1. The summed E-state index contributed by atoms with van der Waals surface area (Å²) >= 11 is 0. The van der Waals surface area contributed by atoms with Crippen LogP contribution in [0.15, 0.2) is 4.99 Å². The van der Waals surface area contributed by atoms with Crippen LogP contribution in [-0.4, -0.2) is 29.7 Å². The molecule has 1 fully saturated rings. The lowest BCUT2D eigenvalue weighted by molar-refractivity contribution is -0.0884. The van der Waals surface area contributed by atoms with Gasteiger partial charge in [0.1, 0.15) is 0 Å². The van der Waals surface area contributed by atoms with Crippen LogP contribution in [0.25, 0.3) is 0 Å². The standard InChI is InChI=1S/C14H29N3O/c1-6-14(7-2)10-11(8-9-18-14)16-12(15)17-13(3,4)5/h11H,6-10H2,1-5H3,(H3,15,16,17). The maximum atomic E-state index is 5.96. The highest BCUT2D eigenvalue weighted by Crippen LogP contribution is 2.32. The van der Waals surface area contributed by atoms with Gasteiger partial charge in [-0.15, -0.1) is 0 Å². The van der Waals surface area contributed by atoms with Gasteiger partial charge in [-0.3, -0.25) is 0 Å². The van der Waals surface area contributed by atoms with Crippen LogP contribution in [0.5, 0.6) is 0 Å². The van der Waals surface area contributed by atoms with Crippen LogP contribution in [0.1, 0.15) is 60.3 Å². The predicted molar refractivity (Wildman–Crippen MR) is 76.8 cm³/mol. The molecule has 4 nitrogen and oxygen atoms in total. The van der Waals surface area contributed by atoms with Crippen LogP contribution in [0, 0.1) is 0 Å². The van der Waals surface area contributed by atoms with Gasteiger partial charge in [-0.25, -0.2) is 4.99 Å². The molecule has 18 heavy (non-hydrogen) atoms. The SMILES string of the molecule is CCC1(CC)CC(N=C(N)NC(C)(C)C)CCO1. The molecule has 0 aliphatic carbocycles. The van der Waals surface area contributed by atoms with E-state index in [2.05, 4.69) is 44.9 Å². The van der Waals surface area contributed by atoms with Gasteiger partial charge in [0.2, 0.25) is 0 Å². The number of nitrogens with one attached hydrogen (secondary N) is 1. The van der Waals surface area contributed by atoms with E-state index >= 15 is 0 Å². The Hall–Kier alpha value is -0.770. The number of hydrogen-bond acceptors (Lipinski definition) is 2. The lowest BCUT2D eigenvalue weighted by atomic mass is 9.86. The Morgan fingerprint density at radius 1 is 1.39 bits per heavy atom. The summed E-state index contributed by atoms with van der Waals surface area (Å²) in [7, 11) is 0. The number of guanidine groups is 1. The molecule has 1 aliphatic rings. The first kappa shape index (κ1) is 15.3. The first-order valence-electron chi connectivity index (χ1n) is 7.05. The van der Waals surface area contributed by atoms with Crippen molar-refractivity contribution >= 4 is 5.96 Å². The molecule has 0 aromatic carbocycles. The Morgan fingerprint density at radius 3 is 2.50 bits per heavy atom. The molecule has 106 valence electrons. The van der Waals surface area contributed by atoms with Crippen LogP contribution in [0.2, 0.25) is 0 Å². The molecule has 3 N–H and O–H groups in total. The Labute approximate surface area is 111 Å². The van der Waals surface area contributed by atoms with Crippen molar-refractivity contribution in [3.63, 3.8) is 0 Å². The summed E-state index contributed by atoms with van der Waals surface area (Å²) in [5.41, 5.74) is 5.93. The molecule has 0 spiro atoms. The van der Waals surface area contributed by atoms with Crippen molar-refractivity contribution in [3.8, 4) is 0 Å². The monoisotopic (exact) mass is 255 g/mol. The maximum absolute atomic E-state index is 5.96. The van der Waals surface area contributed by atoms with E-state index < -0.39 is 0 Å². The second kappa shape index (κ2) is 5.91. The van der Waals surface area contributed by atoms with Gasteiger partial charge < -0.3 is 15.8 Å². The molecule has 1 unspecified atom stereocenters. The Bertz CT molecular complexity index is 290. The van der Waals surface area contributed by atoms with Gasteiger partial charge in [-0.05, 0) is 46.5 Å². The van der Waals surface area contributed by atoms with E-state index in [-0.39, 0.29) is 17.2 Å². The summed E-state index contributed by atoms with van der Waals surface area (Å²) < 4.78 is 5.95. The van der Waals surface area contributed by atoms with Crippen molar-refractivity contribution in [1.82, 2.24) is 5.32 Å². The van der Waals surface area contributed by atoms with E-state index in [0.717, 1.165) is 32.3 Å². The van der Waals surface area contributed by atoms with Gasteiger partial charge in [0.25, 0.3) is 0 Å². The molecule has 0 aromatic heterocycles. The average molecular weight is 255 g/mol. The molecule has 1 rings (SSSR count). The largest absolute Gasteiger partial charge is 0.375 e. The minimum atomic E-state index is -0.0364. The van der Waals surface area contributed by atoms with Crippen LogP contribution in [0.3, 0.4) is 0 Å². The summed E-state index contributed by atoms with van der Waals surface area (Å²) in [6, 6.07) is 0.286. The van der Waals surface area contributed by atoms with Gasteiger partial charge >= 0.3 is 0 Å². The molecule has 0 amide bonds. The van der Waals surface area contributed by atoms with Gasteiger partial charge in [0.15, 0.2) is 5.96 Å². The highest BCUT2D eigenvalue weighted by Gasteiger charge is 2.34. The summed E-state index contributed by atoms with van der Waals surface area (Å²) in [5.74, 6) is 0.551. The molecule has 0 saturated carbocycles. The van der Waals surface area contributed by atoms with Crippen molar-refractivity contribution in [2.75, 3.05) is 6.61 Å². The van der Waals surface area contributed by atoms with Crippen molar-refractivity contribution < 1.29 is 4.74 Å². The van der Waals surface area contributed by atoms with Crippen molar-refractivity contribution in [3.05, 3.63) is 0 Å². The zero-order valence-electron chi connectivity index (χ0n) is 12.5. The highest BCUT2D eigenvalue weighted by molar-refractivity contribution is 5.78. The van der Waals surface area contributed by atoms with E-state index in [4.69, 9.17) is 10.5 Å². The fourth-order valence-corrected chi connectivity index (χ4v) is 2.47. The maximum Gasteiger partial charge on any atom is 0.189 e. The number of rotatable bonds is 3. The molecular weight excluding hydrogens is 226 g/mol. The van der Waals surface area contributed by atoms with Crippen molar-refractivity contribution in [2.45, 2.75) is 77.5 Å². The summed E-state index contributed by atoms with van der Waals surface area (Å²) in [6.07, 6.45) is 4.03. The van der Waals surface area contributed by atoms with Crippen LogP contribution in [-0.2, 0) is 4.74 Å². The third-order valence-corrected chi connectivity index (χ3v) is 3.58. The molecule has 1 heterocycles. The average Bonchev–Trinajstić information content (AvgIpc) is 2.26. The molecule has 1 atom stereocenters. The minimum Gasteiger partial charge on any atom is -0.375 e. The molecule has 0 radical (unpaired) electrons. The van der Waals surface area contributed by atoms with E-state index in [1.807, 2.05) is 0 Å². The fourth-order valence-electron chi connectivity index (χ4n) is 2.47. The number of hydrogen-bond donors (Lipinski definition) is 2. The first-order chi connectivity index (χ1) is 8.30. The summed E-state index contributed by atoms with van der Waals surface area (Å²) in [4.78, 5) is 4.62. The van der Waals surface area contributed by atoms with Crippen molar-refractivity contribution in [1.29, 1.82) is 0 Å². The lowest BCUT2D eigenvalue weighted by Crippen LogP contribution is -2.47. The quantitative estimate of drug-likeness (QED) is 0.601. The highest BCUT2D eigenvalue weighted by atomic mass is 16.5. The first-order valence-corrected chi connectivity index (χ1v) is 7.05. The predicted octanol–water partition coefficient (Wildman–Crippen LogP) is 2.43. The smallest absolute Gasteiger partial charge is 0.189 e. The Kier molecular flexibility index (Phi) is 5.02. The van der Waals surface area contributed by atoms with E-state index in [9.17, 15) is 0 Å². The Balaban J connectivity index is 2.64. The molecule has 0 aromatic rings. The van der Waals surface area contributed by atoms with Crippen LogP contribution >= 0.6 is 0 Å². The molecule has 1 aliphatic heterocycles. The van der Waals surface area contributed by atoms with Gasteiger partial charge in [0.05, 0.1) is 11.6 Å². The molecule has 4 heteroatoms. The number of aliphatic imine (C=N–C) groups is 1. The Morgan fingerprint density at radius 2 is 2.00 bits per heavy atom. The second-order valence-electron chi connectivity index (χ2n) is 6.27. The fraction of sp³-hybridized carbons (Fsp3) is 0.929. The van der Waals surface area contributed by atoms with E-state index in [1.165, 1.54) is 0 Å². The van der Waals surface area contributed by atoms with Gasteiger partial charge in [0, 0.05) is 12.1 Å². The van der Waals surface area contributed by atoms with E-state index in [1.54, 1.807) is 0 Å². The van der Waals surface area contributed by atoms with Crippen molar-refractivity contribution in [2.24, 2.45) is 10.7 Å². The van der Waals surface area contributed by atoms with Crippen LogP contribution < -0.4 is 11.1 Å². The third kappa shape index (κ3) is 4.48. The normalized spacial score (nSPS) is 24.9. The number of nitrogens with two attached hydrogens (primary N) is 1. The lowest BCUT2D eigenvalue weighted by Gasteiger charge is -2.38.